The van der Waals surface area contributed by atoms with E-state index in [4.69, 9.17) is 9.15 Å². The second-order valence-corrected chi connectivity index (χ2v) is 7.60. The van der Waals surface area contributed by atoms with Crippen LogP contribution in [-0.4, -0.2) is 47.3 Å². The van der Waals surface area contributed by atoms with Gasteiger partial charge in [0.05, 0.1) is 11.8 Å². The highest BCUT2D eigenvalue weighted by Crippen LogP contribution is 2.24. The minimum atomic E-state index is -0.0485. The van der Waals surface area contributed by atoms with Crippen LogP contribution < -0.4 is 4.74 Å². The number of furan rings is 1. The van der Waals surface area contributed by atoms with Crippen LogP contribution in [0.5, 0.6) is 5.75 Å². The van der Waals surface area contributed by atoms with E-state index in [0.29, 0.717) is 30.8 Å². The average molecular weight is 382 g/mol. The number of benzene rings is 1. The summed E-state index contributed by atoms with van der Waals surface area (Å²) in [6.07, 6.45) is 4.96. The normalized spacial score (nSPS) is 19.9. The van der Waals surface area contributed by atoms with Crippen LogP contribution in [0.3, 0.4) is 0 Å². The molecule has 1 atom stereocenters. The van der Waals surface area contributed by atoms with Crippen LogP contribution in [0.25, 0.3) is 0 Å². The molecule has 0 unspecified atom stereocenters. The number of nitrogens with zero attached hydrogens (tertiary/aromatic N) is 2. The predicted molar refractivity (Wildman–Crippen MR) is 104 cm³/mol. The van der Waals surface area contributed by atoms with E-state index in [1.807, 2.05) is 41.0 Å². The van der Waals surface area contributed by atoms with Crippen LogP contribution >= 0.6 is 0 Å². The highest BCUT2D eigenvalue weighted by molar-refractivity contribution is 5.95. The second kappa shape index (κ2) is 8.09. The lowest BCUT2D eigenvalue weighted by atomic mass is 10.0. The Bertz CT molecular complexity index is 842. The third-order valence-corrected chi connectivity index (χ3v) is 5.60. The van der Waals surface area contributed by atoms with E-state index >= 15 is 0 Å². The van der Waals surface area contributed by atoms with Crippen molar-refractivity contribution in [3.05, 3.63) is 53.5 Å². The lowest BCUT2D eigenvalue weighted by Gasteiger charge is -2.37. The van der Waals surface area contributed by atoms with Gasteiger partial charge in [0.1, 0.15) is 12.4 Å². The topological polar surface area (TPSA) is 63.0 Å². The largest absolute Gasteiger partial charge is 0.486 e. The molecule has 2 amide bonds. The Morgan fingerprint density at radius 2 is 2.00 bits per heavy atom. The Kier molecular flexibility index (Phi) is 5.37. The molecule has 28 heavy (non-hydrogen) atoms. The van der Waals surface area contributed by atoms with E-state index in [2.05, 4.69) is 0 Å². The van der Waals surface area contributed by atoms with Gasteiger partial charge in [-0.3, -0.25) is 9.59 Å². The van der Waals surface area contributed by atoms with Crippen molar-refractivity contribution in [2.45, 2.75) is 45.3 Å². The maximum absolute atomic E-state index is 13.1. The molecule has 0 N–H and O–H groups in total. The summed E-state index contributed by atoms with van der Waals surface area (Å²) in [7, 11) is 0. The maximum Gasteiger partial charge on any atom is 0.257 e. The Morgan fingerprint density at radius 1 is 1.18 bits per heavy atom. The number of rotatable bonds is 5. The number of ether oxygens (including phenoxy) is 1. The molecule has 4 rings (SSSR count). The van der Waals surface area contributed by atoms with Gasteiger partial charge in [0, 0.05) is 32.1 Å². The molecule has 2 aliphatic rings. The number of piperidine rings is 1. The van der Waals surface area contributed by atoms with E-state index in [0.717, 1.165) is 37.1 Å². The third-order valence-electron chi connectivity index (χ3n) is 5.60. The van der Waals surface area contributed by atoms with Crippen molar-refractivity contribution < 1.29 is 18.7 Å². The number of carbonyl (C=O) groups is 2. The molecule has 0 saturated carbocycles. The molecule has 2 aromatic rings. The molecule has 148 valence electrons. The van der Waals surface area contributed by atoms with Crippen LogP contribution in [0.4, 0.5) is 0 Å². The monoisotopic (exact) mass is 382 g/mol. The molecule has 0 bridgehead atoms. The van der Waals surface area contributed by atoms with Gasteiger partial charge in [-0.05, 0) is 44.4 Å². The zero-order valence-corrected chi connectivity index (χ0v) is 16.2. The Balaban J connectivity index is 1.41. The maximum atomic E-state index is 13.1. The molecule has 2 fully saturated rings. The second-order valence-electron chi connectivity index (χ2n) is 7.60. The molecule has 6 heteroatoms. The van der Waals surface area contributed by atoms with Gasteiger partial charge in [-0.1, -0.05) is 17.7 Å². The number of hydrogen-bond donors (Lipinski definition) is 0. The number of carbonyl (C=O) groups excluding carboxylic acids is 2. The quantitative estimate of drug-likeness (QED) is 0.795. The Labute approximate surface area is 165 Å². The average Bonchev–Trinajstić information content (AvgIpc) is 3.36. The van der Waals surface area contributed by atoms with Crippen molar-refractivity contribution in [3.63, 3.8) is 0 Å². The first kappa shape index (κ1) is 18.6. The molecule has 0 spiro atoms. The minimum absolute atomic E-state index is 0.0485. The summed E-state index contributed by atoms with van der Waals surface area (Å²) in [6.45, 7) is 4.34. The summed E-state index contributed by atoms with van der Waals surface area (Å²) in [4.78, 5) is 29.0. The van der Waals surface area contributed by atoms with Crippen molar-refractivity contribution in [2.24, 2.45) is 0 Å². The van der Waals surface area contributed by atoms with E-state index in [9.17, 15) is 9.59 Å². The first-order valence-electron chi connectivity index (χ1n) is 9.96. The van der Waals surface area contributed by atoms with Crippen molar-refractivity contribution >= 4 is 11.8 Å². The molecule has 0 radical (unpaired) electrons. The van der Waals surface area contributed by atoms with Crippen LogP contribution in [0.15, 0.2) is 41.0 Å². The highest BCUT2D eigenvalue weighted by Gasteiger charge is 2.33. The summed E-state index contributed by atoms with van der Waals surface area (Å²) in [5.74, 6) is 1.44. The molecule has 2 saturated heterocycles. The van der Waals surface area contributed by atoms with E-state index in [-0.39, 0.29) is 24.5 Å². The molecule has 2 aliphatic heterocycles. The summed E-state index contributed by atoms with van der Waals surface area (Å²) >= 11 is 0. The smallest absolute Gasteiger partial charge is 0.257 e. The molecule has 1 aromatic carbocycles. The molecule has 3 heterocycles. The lowest BCUT2D eigenvalue weighted by Crippen LogP contribution is -2.50. The number of likely N-dealkylation sites (tertiary alicyclic amines) is 2. The van der Waals surface area contributed by atoms with Crippen molar-refractivity contribution in [1.29, 1.82) is 0 Å². The number of hydrogen-bond acceptors (Lipinski definition) is 4. The van der Waals surface area contributed by atoms with Crippen LogP contribution in [0.1, 0.15) is 47.4 Å². The van der Waals surface area contributed by atoms with Gasteiger partial charge in [0.25, 0.3) is 5.91 Å². The Morgan fingerprint density at radius 3 is 2.75 bits per heavy atom. The first-order valence-corrected chi connectivity index (χ1v) is 9.96. The van der Waals surface area contributed by atoms with Gasteiger partial charge in [0.15, 0.2) is 5.76 Å². The first-order chi connectivity index (χ1) is 13.6. The fourth-order valence-corrected chi connectivity index (χ4v) is 4.05. The fraction of sp³-hybridized carbons (Fsp3) is 0.455. The Hall–Kier alpha value is -2.76. The van der Waals surface area contributed by atoms with Crippen LogP contribution in [0, 0.1) is 6.92 Å². The zero-order chi connectivity index (χ0) is 19.5. The standard InChI is InChI=1S/C22H26N2O4/c1-16-6-8-18(9-7-16)28-15-20-19(10-13-27-20)22(26)23-11-2-4-17(14-23)24-12-3-5-21(24)25/h6-10,13,17H,2-5,11-12,14-15H2,1H3/t17-/m1/s1. The fourth-order valence-electron chi connectivity index (χ4n) is 4.05. The number of amides is 2. The van der Waals surface area contributed by atoms with E-state index in [1.165, 1.54) is 6.26 Å². The van der Waals surface area contributed by atoms with Crippen molar-refractivity contribution in [2.75, 3.05) is 19.6 Å². The third kappa shape index (κ3) is 3.91. The summed E-state index contributed by atoms with van der Waals surface area (Å²) < 4.78 is 11.3. The van der Waals surface area contributed by atoms with Gasteiger partial charge in [-0.2, -0.15) is 0 Å². The molecule has 6 nitrogen and oxygen atoms in total. The van der Waals surface area contributed by atoms with Gasteiger partial charge >= 0.3 is 0 Å². The van der Waals surface area contributed by atoms with Crippen LogP contribution in [0.2, 0.25) is 0 Å². The SMILES string of the molecule is Cc1ccc(OCc2occc2C(=O)N2CCC[C@@H](N3CCCC3=O)C2)cc1. The van der Waals surface area contributed by atoms with Crippen molar-refractivity contribution in [3.8, 4) is 5.75 Å². The molecule has 0 aliphatic carbocycles. The number of aryl methyl sites for hydroxylation is 1. The highest BCUT2D eigenvalue weighted by atomic mass is 16.5. The predicted octanol–water partition coefficient (Wildman–Crippen LogP) is 3.39. The van der Waals surface area contributed by atoms with Gasteiger partial charge in [-0.15, -0.1) is 0 Å². The molecular formula is C22H26N2O4. The summed E-state index contributed by atoms with van der Waals surface area (Å²) in [6, 6.07) is 9.62. The molecule has 1 aromatic heterocycles. The van der Waals surface area contributed by atoms with Crippen LogP contribution in [-0.2, 0) is 11.4 Å². The zero-order valence-electron chi connectivity index (χ0n) is 16.2. The molecular weight excluding hydrogens is 356 g/mol. The van der Waals surface area contributed by atoms with E-state index < -0.39 is 0 Å². The summed E-state index contributed by atoms with van der Waals surface area (Å²) in [5, 5.41) is 0. The van der Waals surface area contributed by atoms with Crippen molar-refractivity contribution in [1.82, 2.24) is 9.80 Å². The van der Waals surface area contributed by atoms with Gasteiger partial charge in [0.2, 0.25) is 5.91 Å². The van der Waals surface area contributed by atoms with E-state index in [1.54, 1.807) is 6.07 Å². The lowest BCUT2D eigenvalue weighted by molar-refractivity contribution is -0.130. The minimum Gasteiger partial charge on any atom is -0.486 e. The summed E-state index contributed by atoms with van der Waals surface area (Å²) in [5.41, 5.74) is 1.71. The van der Waals surface area contributed by atoms with Gasteiger partial charge < -0.3 is 19.0 Å². The van der Waals surface area contributed by atoms with Gasteiger partial charge in [-0.25, -0.2) is 0 Å².